The summed E-state index contributed by atoms with van der Waals surface area (Å²) in [6.07, 6.45) is 3.63. The van der Waals surface area contributed by atoms with Crippen LogP contribution in [0, 0.1) is 0 Å². The summed E-state index contributed by atoms with van der Waals surface area (Å²) in [6.45, 7) is 4.02. The molecule has 2 N–H and O–H groups in total. The van der Waals surface area contributed by atoms with Crippen LogP contribution in [0.4, 0.5) is 5.69 Å². The predicted octanol–water partition coefficient (Wildman–Crippen LogP) is 2.94. The minimum Gasteiger partial charge on any atom is -0.369 e. The van der Waals surface area contributed by atoms with E-state index in [9.17, 15) is 0 Å². The van der Waals surface area contributed by atoms with E-state index in [0.29, 0.717) is 6.54 Å². The van der Waals surface area contributed by atoms with Crippen molar-refractivity contribution < 1.29 is 0 Å². The van der Waals surface area contributed by atoms with Crippen LogP contribution in [0.3, 0.4) is 0 Å². The van der Waals surface area contributed by atoms with E-state index in [-0.39, 0.29) is 0 Å². The molecular formula is C13H19BrN2. The SMILES string of the molecule is CCN(c1ccc(CCN)c(Br)c1)C1CC1. The fourth-order valence-corrected chi connectivity index (χ4v) is 2.68. The molecule has 1 fully saturated rings. The van der Waals surface area contributed by atoms with Gasteiger partial charge in [-0.3, -0.25) is 0 Å². The van der Waals surface area contributed by atoms with E-state index in [1.807, 2.05) is 0 Å². The molecule has 0 saturated heterocycles. The van der Waals surface area contributed by atoms with Crippen molar-refractivity contribution in [2.75, 3.05) is 18.0 Å². The van der Waals surface area contributed by atoms with Crippen LogP contribution in [-0.4, -0.2) is 19.1 Å². The smallest absolute Gasteiger partial charge is 0.0380 e. The summed E-state index contributed by atoms with van der Waals surface area (Å²) in [5.74, 6) is 0. The van der Waals surface area contributed by atoms with Gasteiger partial charge in [-0.05, 0) is 50.4 Å². The lowest BCUT2D eigenvalue weighted by atomic mass is 10.1. The number of nitrogens with zero attached hydrogens (tertiary/aromatic N) is 1. The van der Waals surface area contributed by atoms with Gasteiger partial charge in [0.1, 0.15) is 0 Å². The molecule has 1 saturated carbocycles. The van der Waals surface area contributed by atoms with Crippen molar-refractivity contribution in [2.24, 2.45) is 5.73 Å². The van der Waals surface area contributed by atoms with Gasteiger partial charge >= 0.3 is 0 Å². The predicted molar refractivity (Wildman–Crippen MR) is 72.9 cm³/mol. The van der Waals surface area contributed by atoms with Gasteiger partial charge in [0.15, 0.2) is 0 Å². The highest BCUT2D eigenvalue weighted by atomic mass is 79.9. The Hall–Kier alpha value is -0.540. The van der Waals surface area contributed by atoms with Crippen LogP contribution >= 0.6 is 15.9 Å². The summed E-state index contributed by atoms with van der Waals surface area (Å²) < 4.78 is 1.19. The summed E-state index contributed by atoms with van der Waals surface area (Å²) in [5, 5.41) is 0. The van der Waals surface area contributed by atoms with Gasteiger partial charge in [-0.1, -0.05) is 22.0 Å². The highest BCUT2D eigenvalue weighted by Gasteiger charge is 2.28. The van der Waals surface area contributed by atoms with Gasteiger partial charge in [0.25, 0.3) is 0 Å². The first kappa shape index (κ1) is 11.9. The number of rotatable bonds is 5. The summed E-state index contributed by atoms with van der Waals surface area (Å²) in [7, 11) is 0. The Balaban J connectivity index is 2.18. The number of nitrogens with two attached hydrogens (primary N) is 1. The second kappa shape index (κ2) is 5.19. The Morgan fingerprint density at radius 1 is 1.44 bits per heavy atom. The number of hydrogen-bond acceptors (Lipinski definition) is 2. The Morgan fingerprint density at radius 3 is 2.69 bits per heavy atom. The number of hydrogen-bond donors (Lipinski definition) is 1. The molecule has 0 bridgehead atoms. The fourth-order valence-electron chi connectivity index (χ4n) is 2.11. The van der Waals surface area contributed by atoms with Gasteiger partial charge in [-0.15, -0.1) is 0 Å². The molecular weight excluding hydrogens is 264 g/mol. The molecule has 0 spiro atoms. The van der Waals surface area contributed by atoms with Crippen molar-refractivity contribution in [3.05, 3.63) is 28.2 Å². The van der Waals surface area contributed by atoms with Crippen LogP contribution in [0.1, 0.15) is 25.3 Å². The van der Waals surface area contributed by atoms with Crippen LogP contribution in [0.5, 0.6) is 0 Å². The molecule has 0 unspecified atom stereocenters. The van der Waals surface area contributed by atoms with E-state index in [1.165, 1.54) is 28.6 Å². The number of anilines is 1. The van der Waals surface area contributed by atoms with Crippen molar-refractivity contribution in [1.82, 2.24) is 0 Å². The van der Waals surface area contributed by atoms with Crippen molar-refractivity contribution in [3.63, 3.8) is 0 Å². The van der Waals surface area contributed by atoms with Gasteiger partial charge in [0.05, 0.1) is 0 Å². The number of benzene rings is 1. The maximum atomic E-state index is 5.58. The average molecular weight is 283 g/mol. The van der Waals surface area contributed by atoms with Crippen molar-refractivity contribution in [1.29, 1.82) is 0 Å². The number of halogens is 1. The molecule has 2 nitrogen and oxygen atoms in total. The molecule has 1 aromatic carbocycles. The molecule has 0 atom stereocenters. The summed E-state index contributed by atoms with van der Waals surface area (Å²) in [4.78, 5) is 2.48. The van der Waals surface area contributed by atoms with Gasteiger partial charge < -0.3 is 10.6 Å². The molecule has 0 radical (unpaired) electrons. The van der Waals surface area contributed by atoms with E-state index in [2.05, 4.69) is 46.0 Å². The zero-order valence-corrected chi connectivity index (χ0v) is 11.3. The average Bonchev–Trinajstić information content (AvgIpc) is 3.07. The minimum absolute atomic E-state index is 0.706. The molecule has 2 rings (SSSR count). The highest BCUT2D eigenvalue weighted by Crippen LogP contribution is 2.33. The third kappa shape index (κ3) is 2.58. The summed E-state index contributed by atoms with van der Waals surface area (Å²) in [5.41, 5.74) is 8.22. The van der Waals surface area contributed by atoms with E-state index < -0.39 is 0 Å². The lowest BCUT2D eigenvalue weighted by Gasteiger charge is -2.23. The van der Waals surface area contributed by atoms with Crippen LogP contribution < -0.4 is 10.6 Å². The maximum Gasteiger partial charge on any atom is 0.0380 e. The Kier molecular flexibility index (Phi) is 3.87. The molecule has 0 heterocycles. The molecule has 88 valence electrons. The maximum absolute atomic E-state index is 5.58. The molecule has 1 aliphatic carbocycles. The van der Waals surface area contributed by atoms with Crippen LogP contribution in [-0.2, 0) is 6.42 Å². The van der Waals surface area contributed by atoms with Crippen LogP contribution in [0.2, 0.25) is 0 Å². The topological polar surface area (TPSA) is 29.3 Å². The third-order valence-electron chi connectivity index (χ3n) is 3.11. The molecule has 16 heavy (non-hydrogen) atoms. The quantitative estimate of drug-likeness (QED) is 0.900. The molecule has 0 aromatic heterocycles. The zero-order chi connectivity index (χ0) is 11.5. The van der Waals surface area contributed by atoms with Crippen molar-refractivity contribution in [2.45, 2.75) is 32.2 Å². The third-order valence-corrected chi connectivity index (χ3v) is 3.85. The monoisotopic (exact) mass is 282 g/mol. The molecule has 1 aliphatic rings. The lowest BCUT2D eigenvalue weighted by molar-refractivity contribution is 0.825. The van der Waals surface area contributed by atoms with Crippen LogP contribution in [0.25, 0.3) is 0 Å². The minimum atomic E-state index is 0.706. The second-order valence-corrected chi connectivity index (χ2v) is 5.19. The fraction of sp³-hybridized carbons (Fsp3) is 0.538. The summed E-state index contributed by atoms with van der Waals surface area (Å²) >= 11 is 3.63. The van der Waals surface area contributed by atoms with E-state index >= 15 is 0 Å². The van der Waals surface area contributed by atoms with E-state index in [4.69, 9.17) is 5.73 Å². The van der Waals surface area contributed by atoms with Gasteiger partial charge in [-0.25, -0.2) is 0 Å². The van der Waals surface area contributed by atoms with Crippen LogP contribution in [0.15, 0.2) is 22.7 Å². The highest BCUT2D eigenvalue weighted by molar-refractivity contribution is 9.10. The molecule has 0 amide bonds. The zero-order valence-electron chi connectivity index (χ0n) is 9.75. The van der Waals surface area contributed by atoms with Crippen molar-refractivity contribution >= 4 is 21.6 Å². The normalized spacial score (nSPS) is 15.2. The summed E-state index contributed by atoms with van der Waals surface area (Å²) in [6, 6.07) is 7.42. The van der Waals surface area contributed by atoms with Gasteiger partial charge in [0.2, 0.25) is 0 Å². The first-order valence-corrected chi connectivity index (χ1v) is 6.80. The molecule has 0 aliphatic heterocycles. The Labute approximate surface area is 106 Å². The van der Waals surface area contributed by atoms with Gasteiger partial charge in [-0.2, -0.15) is 0 Å². The van der Waals surface area contributed by atoms with Gasteiger partial charge in [0, 0.05) is 22.7 Å². The van der Waals surface area contributed by atoms with E-state index in [0.717, 1.165) is 19.0 Å². The standard InChI is InChI=1S/C13H19BrN2/c1-2-16(11-5-6-11)12-4-3-10(7-8-15)13(14)9-12/h3-4,9,11H,2,5-8,15H2,1H3. The largest absolute Gasteiger partial charge is 0.369 e. The molecule has 1 aromatic rings. The second-order valence-electron chi connectivity index (χ2n) is 4.33. The Bertz CT molecular complexity index is 361. The van der Waals surface area contributed by atoms with E-state index in [1.54, 1.807) is 0 Å². The Morgan fingerprint density at radius 2 is 2.19 bits per heavy atom. The first-order valence-electron chi connectivity index (χ1n) is 6.01. The van der Waals surface area contributed by atoms with Crippen molar-refractivity contribution in [3.8, 4) is 0 Å². The first-order chi connectivity index (χ1) is 7.76. The molecule has 3 heteroatoms. The lowest BCUT2D eigenvalue weighted by Crippen LogP contribution is -2.24.